The predicted molar refractivity (Wildman–Crippen MR) is 97.8 cm³/mol. The van der Waals surface area contributed by atoms with Gasteiger partial charge in [-0.3, -0.25) is 15.0 Å². The molecule has 2 aromatic rings. The Labute approximate surface area is 159 Å². The van der Waals surface area contributed by atoms with E-state index in [1.807, 2.05) is 0 Å². The SMILES string of the molecule is N=C(N)c1ccc2c(c1)CN(CC(=O)c1ccc(OCC(=O)O)cc1O)C2=O. The van der Waals surface area contributed by atoms with Gasteiger partial charge in [0.05, 0.1) is 12.1 Å². The first-order valence-corrected chi connectivity index (χ1v) is 8.23. The summed E-state index contributed by atoms with van der Waals surface area (Å²) in [5.74, 6) is -2.33. The fourth-order valence-electron chi connectivity index (χ4n) is 2.92. The number of fused-ring (bicyclic) bond motifs is 1. The summed E-state index contributed by atoms with van der Waals surface area (Å²) in [5, 5.41) is 26.1. The molecule has 0 saturated carbocycles. The molecule has 144 valence electrons. The van der Waals surface area contributed by atoms with Gasteiger partial charge in [0.2, 0.25) is 0 Å². The van der Waals surface area contributed by atoms with Gasteiger partial charge in [-0.1, -0.05) is 6.07 Å². The number of carbonyl (C=O) groups excluding carboxylic acids is 2. The first-order valence-electron chi connectivity index (χ1n) is 8.23. The van der Waals surface area contributed by atoms with Crippen LogP contribution in [-0.2, 0) is 11.3 Å². The van der Waals surface area contributed by atoms with Crippen molar-refractivity contribution in [1.82, 2.24) is 4.90 Å². The van der Waals surface area contributed by atoms with Crippen molar-refractivity contribution in [2.75, 3.05) is 13.2 Å². The minimum Gasteiger partial charge on any atom is -0.507 e. The number of ketones is 1. The van der Waals surface area contributed by atoms with Crippen molar-refractivity contribution in [1.29, 1.82) is 5.41 Å². The highest BCUT2D eigenvalue weighted by Gasteiger charge is 2.30. The smallest absolute Gasteiger partial charge is 0.341 e. The van der Waals surface area contributed by atoms with E-state index in [9.17, 15) is 19.5 Å². The van der Waals surface area contributed by atoms with Crippen LogP contribution in [0.1, 0.15) is 31.8 Å². The lowest BCUT2D eigenvalue weighted by Gasteiger charge is -2.15. The number of rotatable bonds is 7. The number of nitrogen functional groups attached to an aromatic ring is 1. The second-order valence-electron chi connectivity index (χ2n) is 6.23. The van der Waals surface area contributed by atoms with E-state index >= 15 is 0 Å². The van der Waals surface area contributed by atoms with E-state index in [4.69, 9.17) is 21.0 Å². The van der Waals surface area contributed by atoms with E-state index in [1.54, 1.807) is 18.2 Å². The Hall–Kier alpha value is -3.88. The maximum Gasteiger partial charge on any atom is 0.341 e. The summed E-state index contributed by atoms with van der Waals surface area (Å²) in [7, 11) is 0. The highest BCUT2D eigenvalue weighted by atomic mass is 16.5. The molecule has 0 fully saturated rings. The van der Waals surface area contributed by atoms with E-state index in [0.29, 0.717) is 16.7 Å². The van der Waals surface area contributed by atoms with Gasteiger partial charge >= 0.3 is 5.97 Å². The van der Waals surface area contributed by atoms with E-state index in [-0.39, 0.29) is 41.9 Å². The largest absolute Gasteiger partial charge is 0.507 e. The zero-order valence-corrected chi connectivity index (χ0v) is 14.6. The number of aliphatic carboxylic acids is 1. The van der Waals surface area contributed by atoms with Crippen LogP contribution in [0, 0.1) is 5.41 Å². The lowest BCUT2D eigenvalue weighted by atomic mass is 10.1. The van der Waals surface area contributed by atoms with Crippen molar-refractivity contribution in [2.45, 2.75) is 6.54 Å². The average molecular weight is 383 g/mol. The van der Waals surface area contributed by atoms with Crippen molar-refractivity contribution >= 4 is 23.5 Å². The van der Waals surface area contributed by atoms with Crippen molar-refractivity contribution in [3.05, 3.63) is 58.7 Å². The van der Waals surface area contributed by atoms with Gasteiger partial charge in [-0.2, -0.15) is 0 Å². The van der Waals surface area contributed by atoms with Crippen LogP contribution >= 0.6 is 0 Å². The maximum absolute atomic E-state index is 12.5. The molecular weight excluding hydrogens is 366 g/mol. The number of amidine groups is 1. The van der Waals surface area contributed by atoms with Crippen LogP contribution in [0.5, 0.6) is 11.5 Å². The first kappa shape index (κ1) is 18.9. The van der Waals surface area contributed by atoms with Crippen LogP contribution in [0.25, 0.3) is 0 Å². The molecule has 28 heavy (non-hydrogen) atoms. The van der Waals surface area contributed by atoms with Crippen LogP contribution in [0.3, 0.4) is 0 Å². The van der Waals surface area contributed by atoms with Gasteiger partial charge in [0.25, 0.3) is 5.91 Å². The normalized spacial score (nSPS) is 12.6. The highest BCUT2D eigenvalue weighted by Crippen LogP contribution is 2.27. The summed E-state index contributed by atoms with van der Waals surface area (Å²) < 4.78 is 4.94. The summed E-state index contributed by atoms with van der Waals surface area (Å²) >= 11 is 0. The molecule has 0 radical (unpaired) electrons. The fraction of sp³-hybridized carbons (Fsp3) is 0.158. The molecule has 0 unspecified atom stereocenters. The van der Waals surface area contributed by atoms with E-state index in [2.05, 4.69) is 0 Å². The molecule has 0 spiro atoms. The number of nitrogens with zero attached hydrogens (tertiary/aromatic N) is 1. The predicted octanol–water partition coefficient (Wildman–Crippen LogP) is 0.978. The Kier molecular flexibility index (Phi) is 4.99. The zero-order chi connectivity index (χ0) is 20.4. The second kappa shape index (κ2) is 7.39. The summed E-state index contributed by atoms with van der Waals surface area (Å²) in [4.78, 5) is 36.9. The van der Waals surface area contributed by atoms with E-state index in [1.165, 1.54) is 17.0 Å². The Morgan fingerprint density at radius 2 is 1.96 bits per heavy atom. The molecule has 1 amide bonds. The Balaban J connectivity index is 1.72. The number of benzene rings is 2. The number of phenolic OH excluding ortho intramolecular Hbond substituents is 1. The molecule has 0 aliphatic carbocycles. The molecule has 1 heterocycles. The Morgan fingerprint density at radius 1 is 1.21 bits per heavy atom. The number of phenols is 1. The average Bonchev–Trinajstić information content (AvgIpc) is 2.95. The molecule has 5 N–H and O–H groups in total. The zero-order valence-electron chi connectivity index (χ0n) is 14.6. The minimum absolute atomic E-state index is 0.00384. The summed E-state index contributed by atoms with van der Waals surface area (Å²) in [6, 6.07) is 8.63. The molecule has 1 aliphatic rings. The van der Waals surface area contributed by atoms with Gasteiger partial charge in [-0.15, -0.1) is 0 Å². The van der Waals surface area contributed by atoms with Gasteiger partial charge in [-0.25, -0.2) is 4.79 Å². The van der Waals surface area contributed by atoms with Crippen LogP contribution in [0.2, 0.25) is 0 Å². The van der Waals surface area contributed by atoms with Crippen LogP contribution in [-0.4, -0.2) is 51.8 Å². The maximum atomic E-state index is 12.5. The number of nitrogens with two attached hydrogens (primary N) is 1. The molecule has 0 aromatic heterocycles. The molecule has 2 aromatic carbocycles. The Bertz CT molecular complexity index is 1000. The summed E-state index contributed by atoms with van der Waals surface area (Å²) in [6.07, 6.45) is 0. The monoisotopic (exact) mass is 383 g/mol. The van der Waals surface area contributed by atoms with Gasteiger partial charge in [0, 0.05) is 23.7 Å². The molecule has 9 heteroatoms. The standard InChI is InChI=1S/C19H17N3O6/c20-18(21)10-1-3-13-11(5-10)7-22(19(13)27)8-16(24)14-4-2-12(6-15(14)23)28-9-17(25)26/h1-6,23H,7-9H2,(H3,20,21)(H,25,26). The van der Waals surface area contributed by atoms with Gasteiger partial charge < -0.3 is 25.6 Å². The number of hydrogen-bond donors (Lipinski definition) is 4. The third-order valence-corrected chi connectivity index (χ3v) is 4.26. The lowest BCUT2D eigenvalue weighted by molar-refractivity contribution is -0.139. The molecular formula is C19H17N3O6. The number of carbonyl (C=O) groups is 3. The van der Waals surface area contributed by atoms with Gasteiger partial charge in [-0.05, 0) is 29.8 Å². The number of Topliss-reactive ketones (excluding diaryl/α,β-unsaturated/α-hetero) is 1. The Morgan fingerprint density at radius 3 is 2.61 bits per heavy atom. The van der Waals surface area contributed by atoms with E-state index in [0.717, 1.165) is 6.07 Å². The number of hydrogen-bond acceptors (Lipinski definition) is 6. The molecule has 3 rings (SSSR count). The number of carboxylic acid groups (broad SMARTS) is 1. The molecule has 1 aliphatic heterocycles. The van der Waals surface area contributed by atoms with Crippen molar-refractivity contribution < 1.29 is 29.3 Å². The number of aromatic hydroxyl groups is 1. The third kappa shape index (κ3) is 3.78. The highest BCUT2D eigenvalue weighted by molar-refractivity contribution is 6.06. The third-order valence-electron chi connectivity index (χ3n) is 4.26. The summed E-state index contributed by atoms with van der Waals surface area (Å²) in [6.45, 7) is -0.622. The van der Waals surface area contributed by atoms with Gasteiger partial charge in [0.1, 0.15) is 17.3 Å². The van der Waals surface area contributed by atoms with Crippen molar-refractivity contribution in [3.8, 4) is 11.5 Å². The number of amides is 1. The number of ether oxygens (including phenoxy) is 1. The molecule has 0 saturated heterocycles. The molecule has 0 atom stereocenters. The fourth-order valence-corrected chi connectivity index (χ4v) is 2.92. The lowest BCUT2D eigenvalue weighted by Crippen LogP contribution is -2.30. The molecule has 9 nitrogen and oxygen atoms in total. The van der Waals surface area contributed by atoms with Crippen molar-refractivity contribution in [3.63, 3.8) is 0 Å². The minimum atomic E-state index is -1.17. The quantitative estimate of drug-likeness (QED) is 0.316. The van der Waals surface area contributed by atoms with Crippen LogP contribution < -0.4 is 10.5 Å². The van der Waals surface area contributed by atoms with Gasteiger partial charge in [0.15, 0.2) is 12.4 Å². The van der Waals surface area contributed by atoms with Crippen molar-refractivity contribution in [2.24, 2.45) is 5.73 Å². The number of carboxylic acids is 1. The second-order valence-corrected chi connectivity index (χ2v) is 6.23. The summed E-state index contributed by atoms with van der Waals surface area (Å²) in [5.41, 5.74) is 7.07. The van der Waals surface area contributed by atoms with Crippen LogP contribution in [0.4, 0.5) is 0 Å². The van der Waals surface area contributed by atoms with Crippen LogP contribution in [0.15, 0.2) is 36.4 Å². The molecule has 0 bridgehead atoms. The van der Waals surface area contributed by atoms with E-state index < -0.39 is 18.4 Å². The number of nitrogens with one attached hydrogen (secondary N) is 1. The topological polar surface area (TPSA) is 154 Å². The first-order chi connectivity index (χ1) is 13.3.